The molecule has 2 N–H and O–H groups in total. The molecule has 0 bridgehead atoms. The normalized spacial score (nSPS) is 28.9. The molecule has 96 valence electrons. The molecule has 0 amide bonds. The summed E-state index contributed by atoms with van der Waals surface area (Å²) in [7, 11) is 4.32. The van der Waals surface area contributed by atoms with Crippen molar-refractivity contribution in [2.24, 2.45) is 11.7 Å². The van der Waals surface area contributed by atoms with Gasteiger partial charge >= 0.3 is 0 Å². The summed E-state index contributed by atoms with van der Waals surface area (Å²) in [5.41, 5.74) is 5.70. The minimum Gasteiger partial charge on any atom is -0.376 e. The summed E-state index contributed by atoms with van der Waals surface area (Å²) >= 11 is 0. The highest BCUT2D eigenvalue weighted by atomic mass is 16.5. The van der Waals surface area contributed by atoms with Gasteiger partial charge in [0.1, 0.15) is 0 Å². The van der Waals surface area contributed by atoms with E-state index in [1.54, 1.807) is 0 Å². The predicted octanol–water partition coefficient (Wildman–Crippen LogP) is 0.232. The van der Waals surface area contributed by atoms with E-state index < -0.39 is 0 Å². The number of nitrogens with two attached hydrogens (primary N) is 1. The van der Waals surface area contributed by atoms with Crippen molar-refractivity contribution in [2.75, 3.05) is 46.9 Å². The van der Waals surface area contributed by atoms with Gasteiger partial charge in [0.2, 0.25) is 0 Å². The smallest absolute Gasteiger partial charge is 0.0823 e. The molecule has 0 aliphatic carbocycles. The van der Waals surface area contributed by atoms with Crippen LogP contribution in [0.4, 0.5) is 0 Å². The number of likely N-dealkylation sites (N-methyl/N-ethyl adjacent to an activating group) is 1. The van der Waals surface area contributed by atoms with Gasteiger partial charge in [-0.15, -0.1) is 0 Å². The molecule has 0 radical (unpaired) electrons. The van der Waals surface area contributed by atoms with Crippen LogP contribution in [0.25, 0.3) is 0 Å². The van der Waals surface area contributed by atoms with Gasteiger partial charge in [0.05, 0.1) is 6.10 Å². The second-order valence-electron chi connectivity index (χ2n) is 5.04. The fourth-order valence-corrected chi connectivity index (χ4v) is 2.59. The third kappa shape index (κ3) is 3.70. The van der Waals surface area contributed by atoms with Gasteiger partial charge < -0.3 is 15.4 Å². The number of ether oxygens (including phenoxy) is 1. The topological polar surface area (TPSA) is 41.7 Å². The summed E-state index contributed by atoms with van der Waals surface area (Å²) in [6.45, 7) is 8.98. The van der Waals surface area contributed by atoms with E-state index >= 15 is 0 Å². The second kappa shape index (κ2) is 6.55. The Morgan fingerprint density at radius 2 is 2.12 bits per heavy atom. The van der Waals surface area contributed by atoms with E-state index in [1.807, 2.05) is 6.92 Å². The Bertz CT molecular complexity index is 199. The highest BCUT2D eigenvalue weighted by molar-refractivity contribution is 4.87. The number of hydrogen-bond acceptors (Lipinski definition) is 4. The zero-order valence-corrected chi connectivity index (χ0v) is 11.1. The molecule has 4 nitrogen and oxygen atoms in total. The molecule has 0 aromatic carbocycles. The molecular weight excluding hydrogens is 202 g/mol. The fraction of sp³-hybridized carbons (Fsp3) is 1.00. The highest BCUT2D eigenvalue weighted by Crippen LogP contribution is 2.20. The Morgan fingerprint density at radius 3 is 2.56 bits per heavy atom. The summed E-state index contributed by atoms with van der Waals surface area (Å²) in [6.07, 6.45) is 0.193. The van der Waals surface area contributed by atoms with E-state index in [-0.39, 0.29) is 6.10 Å². The average Bonchev–Trinajstić information content (AvgIpc) is 2.59. The molecule has 0 saturated carbocycles. The maximum absolute atomic E-state index is 5.70. The third-order valence-electron chi connectivity index (χ3n) is 3.44. The number of hydrogen-bond donors (Lipinski definition) is 1. The van der Waals surface area contributed by atoms with Crippen LogP contribution in [0.3, 0.4) is 0 Å². The molecule has 1 aliphatic rings. The summed E-state index contributed by atoms with van der Waals surface area (Å²) in [5, 5.41) is 0. The van der Waals surface area contributed by atoms with E-state index in [2.05, 4.69) is 30.8 Å². The van der Waals surface area contributed by atoms with Crippen LogP contribution in [0.15, 0.2) is 0 Å². The maximum Gasteiger partial charge on any atom is 0.0823 e. The number of rotatable bonds is 6. The molecule has 4 heteroatoms. The van der Waals surface area contributed by atoms with Crippen molar-refractivity contribution < 1.29 is 4.74 Å². The highest BCUT2D eigenvalue weighted by Gasteiger charge is 2.31. The molecule has 1 aliphatic heterocycles. The first-order valence-corrected chi connectivity index (χ1v) is 6.28. The van der Waals surface area contributed by atoms with Crippen molar-refractivity contribution in [1.29, 1.82) is 0 Å². The van der Waals surface area contributed by atoms with Crippen LogP contribution in [0.1, 0.15) is 13.8 Å². The lowest BCUT2D eigenvalue weighted by molar-refractivity contribution is 0.0432. The monoisotopic (exact) mass is 229 g/mol. The van der Waals surface area contributed by atoms with Gasteiger partial charge in [0, 0.05) is 38.8 Å². The Balaban J connectivity index is 2.39. The van der Waals surface area contributed by atoms with E-state index in [4.69, 9.17) is 10.5 Å². The summed E-state index contributed by atoms with van der Waals surface area (Å²) in [6, 6.07) is 0.667. The van der Waals surface area contributed by atoms with Crippen molar-refractivity contribution in [2.45, 2.75) is 26.0 Å². The standard InChI is InChI=1S/C12H27N3O/c1-5-16-11(6-13)8-15-7-10(2)12(9-15)14(3)4/h10-12H,5-9,13H2,1-4H3. The lowest BCUT2D eigenvalue weighted by Crippen LogP contribution is -2.39. The van der Waals surface area contributed by atoms with Crippen molar-refractivity contribution >= 4 is 0 Å². The lowest BCUT2D eigenvalue weighted by atomic mass is 10.1. The molecule has 1 saturated heterocycles. The van der Waals surface area contributed by atoms with Gasteiger partial charge in [-0.3, -0.25) is 4.90 Å². The van der Waals surface area contributed by atoms with Crippen LogP contribution in [-0.2, 0) is 4.74 Å². The van der Waals surface area contributed by atoms with Gasteiger partial charge in [-0.2, -0.15) is 0 Å². The predicted molar refractivity (Wildman–Crippen MR) is 67.5 cm³/mol. The lowest BCUT2D eigenvalue weighted by Gasteiger charge is -2.24. The van der Waals surface area contributed by atoms with Crippen LogP contribution in [0, 0.1) is 5.92 Å². The number of nitrogens with zero attached hydrogens (tertiary/aromatic N) is 2. The summed E-state index contributed by atoms with van der Waals surface area (Å²) < 4.78 is 5.60. The molecule has 1 heterocycles. The Hall–Kier alpha value is -0.160. The van der Waals surface area contributed by atoms with Crippen molar-refractivity contribution in [3.63, 3.8) is 0 Å². The second-order valence-corrected chi connectivity index (χ2v) is 5.04. The van der Waals surface area contributed by atoms with Gasteiger partial charge in [-0.1, -0.05) is 6.92 Å². The Kier molecular flexibility index (Phi) is 5.69. The van der Waals surface area contributed by atoms with Crippen LogP contribution in [-0.4, -0.2) is 68.8 Å². The minimum absolute atomic E-state index is 0.193. The summed E-state index contributed by atoms with van der Waals surface area (Å²) in [5.74, 6) is 0.732. The van der Waals surface area contributed by atoms with E-state index in [0.717, 1.165) is 32.2 Å². The van der Waals surface area contributed by atoms with Crippen LogP contribution in [0.2, 0.25) is 0 Å². The SMILES string of the molecule is CCOC(CN)CN1CC(C)C(N(C)C)C1. The van der Waals surface area contributed by atoms with Crippen molar-refractivity contribution in [3.05, 3.63) is 0 Å². The molecular formula is C12H27N3O. The largest absolute Gasteiger partial charge is 0.376 e. The van der Waals surface area contributed by atoms with Crippen LogP contribution >= 0.6 is 0 Å². The third-order valence-corrected chi connectivity index (χ3v) is 3.44. The van der Waals surface area contributed by atoms with Crippen molar-refractivity contribution in [1.82, 2.24) is 9.80 Å². The maximum atomic E-state index is 5.70. The Morgan fingerprint density at radius 1 is 1.44 bits per heavy atom. The van der Waals surface area contributed by atoms with E-state index in [0.29, 0.717) is 12.6 Å². The van der Waals surface area contributed by atoms with Gasteiger partial charge in [0.15, 0.2) is 0 Å². The first-order valence-electron chi connectivity index (χ1n) is 6.28. The molecule has 3 atom stereocenters. The molecule has 1 fully saturated rings. The zero-order chi connectivity index (χ0) is 12.1. The van der Waals surface area contributed by atoms with Crippen LogP contribution < -0.4 is 5.73 Å². The molecule has 16 heavy (non-hydrogen) atoms. The van der Waals surface area contributed by atoms with Crippen molar-refractivity contribution in [3.8, 4) is 0 Å². The average molecular weight is 229 g/mol. The molecule has 3 unspecified atom stereocenters. The first-order chi connectivity index (χ1) is 7.58. The Labute approximate surface area is 99.7 Å². The number of likely N-dealkylation sites (tertiary alicyclic amines) is 1. The van der Waals surface area contributed by atoms with Gasteiger partial charge in [-0.25, -0.2) is 0 Å². The fourth-order valence-electron chi connectivity index (χ4n) is 2.59. The quantitative estimate of drug-likeness (QED) is 0.708. The van der Waals surface area contributed by atoms with E-state index in [9.17, 15) is 0 Å². The van der Waals surface area contributed by atoms with Crippen LogP contribution in [0.5, 0.6) is 0 Å². The van der Waals surface area contributed by atoms with Gasteiger partial charge in [0.25, 0.3) is 0 Å². The molecule has 0 aromatic heterocycles. The molecule has 0 aromatic rings. The summed E-state index contributed by atoms with van der Waals surface area (Å²) in [4.78, 5) is 4.80. The van der Waals surface area contributed by atoms with Gasteiger partial charge in [-0.05, 0) is 26.9 Å². The zero-order valence-electron chi connectivity index (χ0n) is 11.1. The molecule has 0 spiro atoms. The minimum atomic E-state index is 0.193. The van der Waals surface area contributed by atoms with E-state index in [1.165, 1.54) is 0 Å². The molecule has 1 rings (SSSR count). The first kappa shape index (κ1) is 13.9.